The van der Waals surface area contributed by atoms with Crippen molar-refractivity contribution in [1.29, 1.82) is 0 Å². The average Bonchev–Trinajstić information content (AvgIpc) is 2.67. The fourth-order valence-corrected chi connectivity index (χ4v) is 3.43. The van der Waals surface area contributed by atoms with Gasteiger partial charge >= 0.3 is 0 Å². The van der Waals surface area contributed by atoms with Gasteiger partial charge in [0.15, 0.2) is 5.78 Å². The number of ketones is 1. The van der Waals surface area contributed by atoms with E-state index in [1.54, 1.807) is 0 Å². The Morgan fingerprint density at radius 3 is 2.38 bits per heavy atom. The third-order valence-corrected chi connectivity index (χ3v) is 4.73. The van der Waals surface area contributed by atoms with Gasteiger partial charge in [0.2, 0.25) is 5.95 Å². The molecule has 1 unspecified atom stereocenters. The van der Waals surface area contributed by atoms with E-state index in [4.69, 9.17) is 5.73 Å². The van der Waals surface area contributed by atoms with Gasteiger partial charge in [-0.1, -0.05) is 60.7 Å². The van der Waals surface area contributed by atoms with Crippen LogP contribution in [0.15, 0.2) is 60.7 Å². The number of benzene rings is 2. The molecule has 3 N–H and O–H groups in total. The van der Waals surface area contributed by atoms with Crippen LogP contribution in [0.3, 0.4) is 0 Å². The van der Waals surface area contributed by atoms with E-state index in [0.717, 1.165) is 16.8 Å². The summed E-state index contributed by atoms with van der Waals surface area (Å²) in [7, 11) is 0. The van der Waals surface area contributed by atoms with Crippen LogP contribution in [0.2, 0.25) is 0 Å². The molecule has 0 spiro atoms. The number of anilines is 2. The number of nitrogen functional groups attached to an aromatic ring is 1. The average molecular weight is 344 g/mol. The Balaban J connectivity index is 1.59. The van der Waals surface area contributed by atoms with E-state index in [-0.39, 0.29) is 17.5 Å². The lowest BCUT2D eigenvalue weighted by Gasteiger charge is -2.24. The number of nitrogens with one attached hydrogen (secondary N) is 1. The van der Waals surface area contributed by atoms with Gasteiger partial charge < -0.3 is 11.1 Å². The molecule has 2 aromatic carbocycles. The van der Waals surface area contributed by atoms with E-state index in [1.165, 1.54) is 0 Å². The molecule has 3 aromatic rings. The van der Waals surface area contributed by atoms with E-state index >= 15 is 0 Å². The Morgan fingerprint density at radius 2 is 1.65 bits per heavy atom. The first-order valence-electron chi connectivity index (χ1n) is 8.73. The zero-order valence-corrected chi connectivity index (χ0v) is 14.4. The van der Waals surface area contributed by atoms with Gasteiger partial charge in [-0.15, -0.1) is 0 Å². The monoisotopic (exact) mass is 344 g/mol. The number of hydrogen-bond acceptors (Lipinski definition) is 5. The first-order chi connectivity index (χ1) is 12.7. The summed E-state index contributed by atoms with van der Waals surface area (Å²) in [6, 6.07) is 20.1. The van der Waals surface area contributed by atoms with Crippen LogP contribution >= 0.6 is 0 Å². The van der Waals surface area contributed by atoms with E-state index in [2.05, 4.69) is 27.4 Å². The maximum absolute atomic E-state index is 12.6. The summed E-state index contributed by atoms with van der Waals surface area (Å²) in [5.74, 6) is 0.883. The Morgan fingerprint density at radius 1 is 0.962 bits per heavy atom. The molecule has 1 atom stereocenters. The van der Waals surface area contributed by atoms with E-state index < -0.39 is 0 Å². The molecule has 5 nitrogen and oxygen atoms in total. The molecule has 4 rings (SSSR count). The van der Waals surface area contributed by atoms with Gasteiger partial charge in [-0.3, -0.25) is 4.79 Å². The van der Waals surface area contributed by atoms with Crippen LogP contribution in [0.5, 0.6) is 0 Å². The lowest BCUT2D eigenvalue weighted by Crippen LogP contribution is -2.23. The highest BCUT2D eigenvalue weighted by atomic mass is 16.1. The number of fused-ring (bicyclic) bond motifs is 1. The van der Waals surface area contributed by atoms with Gasteiger partial charge in [0.1, 0.15) is 5.82 Å². The van der Waals surface area contributed by atoms with Crippen molar-refractivity contribution in [2.24, 2.45) is 0 Å². The molecule has 0 saturated heterocycles. The summed E-state index contributed by atoms with van der Waals surface area (Å²) in [5.41, 5.74) is 9.58. The molecule has 0 saturated carbocycles. The Bertz CT molecular complexity index is 926. The van der Waals surface area contributed by atoms with Gasteiger partial charge in [-0.05, 0) is 23.5 Å². The molecule has 1 aliphatic rings. The maximum atomic E-state index is 12.6. The highest BCUT2D eigenvalue weighted by Crippen LogP contribution is 2.34. The van der Waals surface area contributed by atoms with Crippen LogP contribution in [0, 0.1) is 0 Å². The molecule has 5 heteroatoms. The molecule has 0 bridgehead atoms. The first-order valence-corrected chi connectivity index (χ1v) is 8.73. The lowest BCUT2D eigenvalue weighted by atomic mass is 9.82. The lowest BCUT2D eigenvalue weighted by molar-refractivity contribution is 0.0964. The van der Waals surface area contributed by atoms with Crippen LogP contribution in [-0.4, -0.2) is 15.8 Å². The summed E-state index contributed by atoms with van der Waals surface area (Å²) < 4.78 is 0. The summed E-state index contributed by atoms with van der Waals surface area (Å²) in [6.07, 6.45) is 1.14. The number of carbonyl (C=O) groups is 1. The Kier molecular flexibility index (Phi) is 4.35. The number of hydrogen-bond donors (Lipinski definition) is 2. The molecular formula is C21H20N4O. The van der Waals surface area contributed by atoms with E-state index in [9.17, 15) is 4.79 Å². The molecule has 0 amide bonds. The number of nitrogens with two attached hydrogens (primary N) is 1. The highest BCUT2D eigenvalue weighted by Gasteiger charge is 2.30. The first kappa shape index (κ1) is 16.3. The molecule has 1 aromatic heterocycles. The maximum Gasteiger partial charge on any atom is 0.225 e. The third kappa shape index (κ3) is 3.28. The molecular weight excluding hydrogens is 324 g/mol. The zero-order chi connectivity index (χ0) is 17.9. The number of aromatic nitrogens is 2. The van der Waals surface area contributed by atoms with Crippen molar-refractivity contribution in [2.45, 2.75) is 25.3 Å². The van der Waals surface area contributed by atoms with E-state index in [0.29, 0.717) is 30.9 Å². The molecule has 26 heavy (non-hydrogen) atoms. The minimum Gasteiger partial charge on any atom is -0.383 e. The Hall–Kier alpha value is -3.21. The van der Waals surface area contributed by atoms with Crippen molar-refractivity contribution in [1.82, 2.24) is 9.97 Å². The zero-order valence-electron chi connectivity index (χ0n) is 14.4. The summed E-state index contributed by atoms with van der Waals surface area (Å²) >= 11 is 0. The normalized spacial score (nSPS) is 16.2. The summed E-state index contributed by atoms with van der Waals surface area (Å²) in [6.45, 7) is 0.606. The second-order valence-electron chi connectivity index (χ2n) is 6.53. The number of Topliss-reactive ketones (excluding diaryl/α,β-unsaturated/α-hetero) is 1. The highest BCUT2D eigenvalue weighted by molar-refractivity contribution is 6.02. The predicted molar refractivity (Wildman–Crippen MR) is 102 cm³/mol. The molecule has 0 aliphatic heterocycles. The molecule has 1 heterocycles. The van der Waals surface area contributed by atoms with Gasteiger partial charge in [0.05, 0.1) is 11.3 Å². The van der Waals surface area contributed by atoms with Crippen molar-refractivity contribution in [2.75, 3.05) is 11.1 Å². The van der Waals surface area contributed by atoms with Crippen molar-refractivity contribution >= 4 is 17.5 Å². The SMILES string of the molecule is Nc1nc(NCc2ccccc2)nc2c1C(=O)CC(c1ccccc1)C2. The van der Waals surface area contributed by atoms with Crippen LogP contribution in [-0.2, 0) is 13.0 Å². The standard InChI is InChI=1S/C21H20N4O/c22-20-19-17(11-16(12-18(19)26)15-9-5-2-6-10-15)24-21(25-20)23-13-14-7-3-1-4-8-14/h1-10,16H,11-13H2,(H3,22,23,24,25). The second kappa shape index (κ2) is 6.96. The number of carbonyl (C=O) groups excluding carboxylic acids is 1. The van der Waals surface area contributed by atoms with Gasteiger partial charge in [0, 0.05) is 13.0 Å². The van der Waals surface area contributed by atoms with Crippen molar-refractivity contribution in [3.05, 3.63) is 83.0 Å². The largest absolute Gasteiger partial charge is 0.383 e. The molecule has 0 fully saturated rings. The fourth-order valence-electron chi connectivity index (χ4n) is 3.43. The smallest absolute Gasteiger partial charge is 0.225 e. The molecule has 0 radical (unpaired) electrons. The van der Waals surface area contributed by atoms with Crippen LogP contribution in [0.4, 0.5) is 11.8 Å². The van der Waals surface area contributed by atoms with Crippen molar-refractivity contribution in [3.8, 4) is 0 Å². The summed E-state index contributed by atoms with van der Waals surface area (Å²) in [4.78, 5) is 21.5. The fraction of sp³-hybridized carbons (Fsp3) is 0.190. The van der Waals surface area contributed by atoms with Crippen LogP contribution < -0.4 is 11.1 Å². The van der Waals surface area contributed by atoms with Gasteiger partial charge in [-0.25, -0.2) is 4.98 Å². The number of rotatable bonds is 4. The number of nitrogens with zero attached hydrogens (tertiary/aromatic N) is 2. The second-order valence-corrected chi connectivity index (χ2v) is 6.53. The van der Waals surface area contributed by atoms with Gasteiger partial charge in [0.25, 0.3) is 0 Å². The predicted octanol–water partition coefficient (Wildman–Crippen LogP) is 3.58. The van der Waals surface area contributed by atoms with Crippen molar-refractivity contribution < 1.29 is 4.79 Å². The molecule has 130 valence electrons. The van der Waals surface area contributed by atoms with E-state index in [1.807, 2.05) is 48.5 Å². The van der Waals surface area contributed by atoms with Crippen LogP contribution in [0.25, 0.3) is 0 Å². The minimum atomic E-state index is 0.0206. The topological polar surface area (TPSA) is 80.9 Å². The quantitative estimate of drug-likeness (QED) is 0.756. The van der Waals surface area contributed by atoms with Crippen molar-refractivity contribution in [3.63, 3.8) is 0 Å². The summed E-state index contributed by atoms with van der Waals surface area (Å²) in [5, 5.41) is 3.21. The molecule has 1 aliphatic carbocycles. The minimum absolute atomic E-state index is 0.0206. The van der Waals surface area contributed by atoms with Crippen LogP contribution in [0.1, 0.15) is 39.5 Å². The Labute approximate surface area is 152 Å². The third-order valence-electron chi connectivity index (χ3n) is 4.73. The van der Waals surface area contributed by atoms with Gasteiger partial charge in [-0.2, -0.15) is 4.98 Å².